The van der Waals surface area contributed by atoms with Crippen molar-refractivity contribution in [1.82, 2.24) is 0 Å². The molecule has 3 rings (SSSR count). The van der Waals surface area contributed by atoms with Crippen LogP contribution in [0.25, 0.3) is 0 Å². The van der Waals surface area contributed by atoms with E-state index in [2.05, 4.69) is 0 Å². The molecule has 0 amide bonds. The Morgan fingerprint density at radius 3 is 2.08 bits per heavy atom. The number of methoxy groups -OCH3 is 2. The highest BCUT2D eigenvalue weighted by molar-refractivity contribution is 7.85. The van der Waals surface area contributed by atoms with Gasteiger partial charge < -0.3 is 14.0 Å². The summed E-state index contributed by atoms with van der Waals surface area (Å²) in [7, 11) is -0.197. The van der Waals surface area contributed by atoms with Gasteiger partial charge in [-0.1, -0.05) is 42.5 Å². The van der Waals surface area contributed by atoms with Gasteiger partial charge in [-0.2, -0.15) is 0 Å². The van der Waals surface area contributed by atoms with Crippen molar-refractivity contribution in [1.29, 1.82) is 0 Å². The molecular formula is C21H19O4P. The highest BCUT2D eigenvalue weighted by Gasteiger charge is 2.32. The molecule has 0 spiro atoms. The van der Waals surface area contributed by atoms with Crippen molar-refractivity contribution in [3.8, 4) is 11.5 Å². The first-order chi connectivity index (χ1) is 12.6. The Labute approximate surface area is 152 Å². The van der Waals surface area contributed by atoms with Crippen LogP contribution in [0.4, 0.5) is 0 Å². The minimum atomic E-state index is -3.30. The molecule has 0 N–H and O–H groups in total. The van der Waals surface area contributed by atoms with E-state index in [-0.39, 0.29) is 0 Å². The Bertz CT molecular complexity index is 967. The van der Waals surface area contributed by atoms with Gasteiger partial charge >= 0.3 is 0 Å². The van der Waals surface area contributed by atoms with Gasteiger partial charge in [0.1, 0.15) is 11.5 Å². The molecule has 5 heteroatoms. The number of benzene rings is 3. The Kier molecular flexibility index (Phi) is 5.24. The molecule has 132 valence electrons. The van der Waals surface area contributed by atoms with E-state index in [4.69, 9.17) is 9.47 Å². The van der Waals surface area contributed by atoms with Gasteiger partial charge in [-0.15, -0.1) is 0 Å². The van der Waals surface area contributed by atoms with Gasteiger partial charge in [0, 0.05) is 21.5 Å². The number of aldehydes is 1. The third-order valence-corrected chi connectivity index (χ3v) is 7.34. The van der Waals surface area contributed by atoms with Crippen LogP contribution < -0.4 is 25.4 Å². The number of hydrogen-bond acceptors (Lipinski definition) is 4. The number of carbonyl (C=O) groups excluding carboxylic acids is 1. The van der Waals surface area contributed by atoms with Gasteiger partial charge in [0.15, 0.2) is 13.4 Å². The molecule has 3 aromatic rings. The minimum absolute atomic E-state index is 0.376. The van der Waals surface area contributed by atoms with E-state index >= 15 is 0 Å². The fourth-order valence-corrected chi connectivity index (χ4v) is 5.75. The zero-order valence-electron chi connectivity index (χ0n) is 14.6. The SMILES string of the molecule is COc1cccc(P(=O)(c2ccccc2)c2cc(OC)ccc2C=O)c1. The lowest BCUT2D eigenvalue weighted by molar-refractivity contribution is 0.112. The second-order valence-corrected chi connectivity index (χ2v) is 8.42. The first-order valence-electron chi connectivity index (χ1n) is 8.07. The van der Waals surface area contributed by atoms with E-state index in [0.717, 1.165) is 6.29 Å². The molecule has 1 unspecified atom stereocenters. The standard InChI is InChI=1S/C21H19O4P/c1-24-17-7-6-10-20(13-17)26(23,19-8-4-3-5-9-19)21-14-18(25-2)12-11-16(21)15-22/h3-15H,1-2H3. The molecule has 0 bridgehead atoms. The van der Waals surface area contributed by atoms with Gasteiger partial charge in [-0.05, 0) is 30.3 Å². The van der Waals surface area contributed by atoms with Crippen LogP contribution in [0.15, 0.2) is 72.8 Å². The van der Waals surface area contributed by atoms with Crippen molar-refractivity contribution in [2.24, 2.45) is 0 Å². The summed E-state index contributed by atoms with van der Waals surface area (Å²) in [4.78, 5) is 11.7. The summed E-state index contributed by atoms with van der Waals surface area (Å²) >= 11 is 0. The third kappa shape index (κ3) is 3.16. The summed E-state index contributed by atoms with van der Waals surface area (Å²) in [5, 5.41) is 1.69. The third-order valence-electron chi connectivity index (χ3n) is 4.24. The van der Waals surface area contributed by atoms with Crippen molar-refractivity contribution >= 4 is 29.3 Å². The number of rotatable bonds is 6. The average molecular weight is 366 g/mol. The molecule has 1 atom stereocenters. The second-order valence-electron chi connectivity index (χ2n) is 5.69. The van der Waals surface area contributed by atoms with E-state index in [1.807, 2.05) is 30.3 Å². The van der Waals surface area contributed by atoms with Gasteiger partial charge in [0.05, 0.1) is 14.2 Å². The molecule has 26 heavy (non-hydrogen) atoms. The van der Waals surface area contributed by atoms with E-state index in [0.29, 0.717) is 33.0 Å². The molecule has 0 aliphatic carbocycles. The predicted octanol–water partition coefficient (Wildman–Crippen LogP) is 3.16. The monoisotopic (exact) mass is 366 g/mol. The fourth-order valence-electron chi connectivity index (χ4n) is 2.89. The summed E-state index contributed by atoms with van der Waals surface area (Å²) in [6, 6.07) is 21.3. The fraction of sp³-hybridized carbons (Fsp3) is 0.0952. The van der Waals surface area contributed by atoms with Crippen LogP contribution in [0.2, 0.25) is 0 Å². The Morgan fingerprint density at radius 1 is 0.769 bits per heavy atom. The van der Waals surface area contributed by atoms with Crippen molar-refractivity contribution in [3.05, 3.63) is 78.4 Å². The Balaban J connectivity index is 2.36. The maximum Gasteiger partial charge on any atom is 0.171 e. The summed E-state index contributed by atoms with van der Waals surface area (Å²) in [5.74, 6) is 1.15. The molecule has 4 nitrogen and oxygen atoms in total. The molecule has 0 saturated heterocycles. The van der Waals surface area contributed by atoms with Crippen LogP contribution in [0.3, 0.4) is 0 Å². The first-order valence-corrected chi connectivity index (χ1v) is 9.78. The lowest BCUT2D eigenvalue weighted by Crippen LogP contribution is -2.27. The first kappa shape index (κ1) is 18.0. The highest BCUT2D eigenvalue weighted by atomic mass is 31.2. The largest absolute Gasteiger partial charge is 0.497 e. The predicted molar refractivity (Wildman–Crippen MR) is 104 cm³/mol. The summed E-state index contributed by atoms with van der Waals surface area (Å²) in [6.07, 6.45) is 0.727. The molecular weight excluding hydrogens is 347 g/mol. The lowest BCUT2D eigenvalue weighted by atomic mass is 10.2. The van der Waals surface area contributed by atoms with Gasteiger partial charge in [-0.25, -0.2) is 0 Å². The van der Waals surface area contributed by atoms with Crippen LogP contribution in [0, 0.1) is 0 Å². The lowest BCUT2D eigenvalue weighted by Gasteiger charge is -2.22. The molecule has 0 saturated carbocycles. The van der Waals surface area contributed by atoms with E-state index in [9.17, 15) is 9.36 Å². The Morgan fingerprint density at radius 2 is 1.42 bits per heavy atom. The van der Waals surface area contributed by atoms with Crippen LogP contribution in [-0.4, -0.2) is 20.5 Å². The smallest absolute Gasteiger partial charge is 0.171 e. The zero-order chi connectivity index (χ0) is 18.6. The molecule has 0 aliphatic rings. The van der Waals surface area contributed by atoms with Crippen molar-refractivity contribution < 1.29 is 18.8 Å². The minimum Gasteiger partial charge on any atom is -0.497 e. The van der Waals surface area contributed by atoms with Gasteiger partial charge in [0.2, 0.25) is 0 Å². The average Bonchev–Trinajstić information content (AvgIpc) is 2.73. The molecule has 3 aromatic carbocycles. The molecule has 0 heterocycles. The molecule has 0 radical (unpaired) electrons. The topological polar surface area (TPSA) is 52.6 Å². The highest BCUT2D eigenvalue weighted by Crippen LogP contribution is 2.44. The van der Waals surface area contributed by atoms with E-state index in [1.54, 1.807) is 56.7 Å². The Hall–Kier alpha value is -2.84. The number of ether oxygens (including phenoxy) is 2. The maximum atomic E-state index is 14.5. The van der Waals surface area contributed by atoms with Gasteiger partial charge in [-0.3, -0.25) is 4.79 Å². The van der Waals surface area contributed by atoms with E-state index < -0.39 is 7.14 Å². The number of carbonyl (C=O) groups is 1. The van der Waals surface area contributed by atoms with Gasteiger partial charge in [0.25, 0.3) is 0 Å². The van der Waals surface area contributed by atoms with Crippen LogP contribution in [0.5, 0.6) is 11.5 Å². The molecule has 0 aliphatic heterocycles. The zero-order valence-corrected chi connectivity index (χ0v) is 15.5. The van der Waals surface area contributed by atoms with Crippen LogP contribution in [-0.2, 0) is 4.57 Å². The quantitative estimate of drug-likeness (QED) is 0.497. The molecule has 0 fully saturated rings. The summed E-state index contributed by atoms with van der Waals surface area (Å²) in [6.45, 7) is 0. The molecule has 0 aromatic heterocycles. The normalized spacial score (nSPS) is 12.8. The summed E-state index contributed by atoms with van der Waals surface area (Å²) < 4.78 is 25.1. The van der Waals surface area contributed by atoms with Crippen molar-refractivity contribution in [3.63, 3.8) is 0 Å². The summed E-state index contributed by atoms with van der Waals surface area (Å²) in [5.41, 5.74) is 0.376. The van der Waals surface area contributed by atoms with E-state index in [1.165, 1.54) is 0 Å². The van der Waals surface area contributed by atoms with Crippen molar-refractivity contribution in [2.75, 3.05) is 14.2 Å². The van der Waals surface area contributed by atoms with Crippen LogP contribution in [0.1, 0.15) is 10.4 Å². The number of hydrogen-bond donors (Lipinski definition) is 0. The maximum absolute atomic E-state index is 14.5. The second kappa shape index (κ2) is 7.59. The van der Waals surface area contributed by atoms with Crippen LogP contribution >= 0.6 is 7.14 Å². The van der Waals surface area contributed by atoms with Crippen molar-refractivity contribution in [2.45, 2.75) is 0 Å².